The van der Waals surface area contributed by atoms with E-state index < -0.39 is 0 Å². The molecule has 0 rings (SSSR count). The van der Waals surface area contributed by atoms with Gasteiger partial charge in [-0.2, -0.15) is 0 Å². The maximum absolute atomic E-state index is 12.2. The molecule has 112 valence electrons. The molecule has 0 unspecified atom stereocenters. The maximum Gasteiger partial charge on any atom is 0.143 e. The molecule has 0 aliphatic carbocycles. The van der Waals surface area contributed by atoms with Crippen LogP contribution in [0.5, 0.6) is 0 Å². The highest BCUT2D eigenvalue weighted by Crippen LogP contribution is 2.24. The lowest BCUT2D eigenvalue weighted by molar-refractivity contribution is -0.125. The lowest BCUT2D eigenvalue weighted by Crippen LogP contribution is -2.29. The number of aliphatic imine (C=N–C) groups is 1. The van der Waals surface area contributed by atoms with E-state index in [-0.39, 0.29) is 16.6 Å². The summed E-state index contributed by atoms with van der Waals surface area (Å²) >= 11 is 0. The minimum Gasteiger partial charge on any atom is -0.309 e. The third kappa shape index (κ3) is 8.14. The first kappa shape index (κ1) is 18.3. The molecule has 0 spiro atoms. The molecule has 0 N–H and O–H groups in total. The Labute approximate surface area is 119 Å². The standard InChI is InChI=1S/C16H32N2O/c1-15(2,3)13(12-14(19)16(4,5)6)17-10-9-11-18(7)8/h9-12H2,1-8H3. The van der Waals surface area contributed by atoms with Gasteiger partial charge in [0, 0.05) is 29.5 Å². The number of hydrogen-bond donors (Lipinski definition) is 0. The number of rotatable bonds is 6. The second kappa shape index (κ2) is 7.18. The van der Waals surface area contributed by atoms with Gasteiger partial charge in [0.1, 0.15) is 5.78 Å². The minimum absolute atomic E-state index is 0.0287. The molecule has 3 nitrogen and oxygen atoms in total. The van der Waals surface area contributed by atoms with Crippen LogP contribution in [-0.2, 0) is 4.79 Å². The number of carbonyl (C=O) groups is 1. The highest BCUT2D eigenvalue weighted by molar-refractivity contribution is 6.06. The molecule has 0 aromatic carbocycles. The van der Waals surface area contributed by atoms with Crippen LogP contribution in [0.3, 0.4) is 0 Å². The van der Waals surface area contributed by atoms with Crippen molar-refractivity contribution in [2.75, 3.05) is 27.2 Å². The molecule has 0 saturated heterocycles. The Morgan fingerprint density at radius 1 is 1.00 bits per heavy atom. The lowest BCUT2D eigenvalue weighted by atomic mass is 9.81. The van der Waals surface area contributed by atoms with Crippen molar-refractivity contribution in [3.05, 3.63) is 0 Å². The molecule has 0 aliphatic rings. The summed E-state index contributed by atoms with van der Waals surface area (Å²) in [5.74, 6) is 0.272. The molecule has 0 bridgehead atoms. The van der Waals surface area contributed by atoms with E-state index in [9.17, 15) is 4.79 Å². The predicted octanol–water partition coefficient (Wildman–Crippen LogP) is 3.43. The normalized spacial score (nSPS) is 14.1. The monoisotopic (exact) mass is 268 g/mol. The molecule has 0 aliphatic heterocycles. The summed E-state index contributed by atoms with van der Waals surface area (Å²) in [6.45, 7) is 14.2. The van der Waals surface area contributed by atoms with Crippen molar-refractivity contribution in [2.24, 2.45) is 15.8 Å². The van der Waals surface area contributed by atoms with Gasteiger partial charge >= 0.3 is 0 Å². The van der Waals surface area contributed by atoms with Gasteiger partial charge in [-0.3, -0.25) is 9.79 Å². The van der Waals surface area contributed by atoms with Crippen LogP contribution in [0.2, 0.25) is 0 Å². The smallest absolute Gasteiger partial charge is 0.143 e. The van der Waals surface area contributed by atoms with Crippen LogP contribution in [0.25, 0.3) is 0 Å². The molecule has 0 atom stereocenters. The fourth-order valence-corrected chi connectivity index (χ4v) is 1.58. The molecule has 0 saturated carbocycles. The quantitative estimate of drug-likeness (QED) is 0.546. The molecule has 0 heterocycles. The van der Waals surface area contributed by atoms with Gasteiger partial charge in [0.05, 0.1) is 0 Å². The number of Topliss-reactive ketones (excluding diaryl/α,β-unsaturated/α-hetero) is 1. The SMILES string of the molecule is CN(C)CCCN=C(CC(=O)C(C)(C)C)C(C)(C)C. The Morgan fingerprint density at radius 3 is 1.89 bits per heavy atom. The van der Waals surface area contributed by atoms with Gasteiger partial charge in [-0.1, -0.05) is 41.5 Å². The van der Waals surface area contributed by atoms with Gasteiger partial charge in [0.2, 0.25) is 0 Å². The zero-order valence-electron chi connectivity index (χ0n) is 14.1. The van der Waals surface area contributed by atoms with Gasteiger partial charge in [-0.25, -0.2) is 0 Å². The van der Waals surface area contributed by atoms with Crippen molar-refractivity contribution < 1.29 is 4.79 Å². The van der Waals surface area contributed by atoms with Gasteiger partial charge in [0.25, 0.3) is 0 Å². The predicted molar refractivity (Wildman–Crippen MR) is 84.0 cm³/mol. The summed E-state index contributed by atoms with van der Waals surface area (Å²) in [6.07, 6.45) is 1.52. The topological polar surface area (TPSA) is 32.7 Å². The Bertz CT molecular complexity index is 317. The van der Waals surface area contributed by atoms with Crippen LogP contribution in [0.4, 0.5) is 0 Å². The first-order valence-corrected chi connectivity index (χ1v) is 7.16. The molecule has 0 radical (unpaired) electrons. The Hall–Kier alpha value is -0.700. The van der Waals surface area contributed by atoms with E-state index in [1.165, 1.54) is 0 Å². The maximum atomic E-state index is 12.2. The van der Waals surface area contributed by atoms with Gasteiger partial charge in [-0.05, 0) is 27.1 Å². The minimum atomic E-state index is -0.282. The summed E-state index contributed by atoms with van der Waals surface area (Å²) in [5.41, 5.74) is 0.723. The molecule has 0 aromatic rings. The molecule has 0 fully saturated rings. The fraction of sp³-hybridized carbons (Fsp3) is 0.875. The van der Waals surface area contributed by atoms with Crippen molar-refractivity contribution in [3.63, 3.8) is 0 Å². The van der Waals surface area contributed by atoms with E-state index in [0.29, 0.717) is 6.42 Å². The van der Waals surface area contributed by atoms with E-state index in [2.05, 4.69) is 44.8 Å². The zero-order valence-corrected chi connectivity index (χ0v) is 14.1. The highest BCUT2D eigenvalue weighted by atomic mass is 16.1. The Balaban J connectivity index is 4.66. The Morgan fingerprint density at radius 2 is 1.53 bits per heavy atom. The van der Waals surface area contributed by atoms with E-state index in [4.69, 9.17) is 0 Å². The third-order valence-electron chi connectivity index (χ3n) is 3.10. The first-order valence-electron chi connectivity index (χ1n) is 7.16. The number of ketones is 1. The van der Waals surface area contributed by atoms with E-state index in [1.807, 2.05) is 20.8 Å². The van der Waals surface area contributed by atoms with Gasteiger partial charge < -0.3 is 4.90 Å². The van der Waals surface area contributed by atoms with E-state index >= 15 is 0 Å². The summed E-state index contributed by atoms with van der Waals surface area (Å²) in [7, 11) is 4.13. The van der Waals surface area contributed by atoms with Crippen molar-refractivity contribution >= 4 is 11.5 Å². The van der Waals surface area contributed by atoms with E-state index in [0.717, 1.165) is 25.2 Å². The van der Waals surface area contributed by atoms with E-state index in [1.54, 1.807) is 0 Å². The fourth-order valence-electron chi connectivity index (χ4n) is 1.58. The molecule has 3 heteroatoms. The van der Waals surface area contributed by atoms with Crippen LogP contribution in [-0.4, -0.2) is 43.6 Å². The first-order chi connectivity index (χ1) is 8.44. The summed E-state index contributed by atoms with van der Waals surface area (Å²) in [4.78, 5) is 19.0. The van der Waals surface area contributed by atoms with Crippen LogP contribution < -0.4 is 0 Å². The van der Waals surface area contributed by atoms with Crippen molar-refractivity contribution in [1.29, 1.82) is 0 Å². The van der Waals surface area contributed by atoms with Gasteiger partial charge in [-0.15, -0.1) is 0 Å². The largest absolute Gasteiger partial charge is 0.309 e. The summed E-state index contributed by atoms with van der Waals surface area (Å²) < 4.78 is 0. The van der Waals surface area contributed by atoms with Gasteiger partial charge in [0.15, 0.2) is 0 Å². The van der Waals surface area contributed by atoms with Crippen molar-refractivity contribution in [1.82, 2.24) is 4.90 Å². The average molecular weight is 268 g/mol. The Kier molecular flexibility index (Phi) is 6.92. The van der Waals surface area contributed by atoms with Crippen LogP contribution >= 0.6 is 0 Å². The second-order valence-corrected chi connectivity index (χ2v) is 7.59. The molecule has 0 amide bonds. The van der Waals surface area contributed by atoms with Crippen LogP contribution in [0.15, 0.2) is 4.99 Å². The number of nitrogens with zero attached hydrogens (tertiary/aromatic N) is 2. The van der Waals surface area contributed by atoms with Crippen molar-refractivity contribution in [2.45, 2.75) is 54.4 Å². The molecular weight excluding hydrogens is 236 g/mol. The molecular formula is C16H32N2O. The number of carbonyl (C=O) groups excluding carboxylic acids is 1. The van der Waals surface area contributed by atoms with Crippen LogP contribution in [0.1, 0.15) is 54.4 Å². The zero-order chi connectivity index (χ0) is 15.3. The van der Waals surface area contributed by atoms with Crippen LogP contribution in [0, 0.1) is 10.8 Å². The average Bonchev–Trinajstić information content (AvgIpc) is 2.18. The second-order valence-electron chi connectivity index (χ2n) is 7.59. The number of hydrogen-bond acceptors (Lipinski definition) is 3. The van der Waals surface area contributed by atoms with Crippen molar-refractivity contribution in [3.8, 4) is 0 Å². The molecule has 19 heavy (non-hydrogen) atoms. The summed E-state index contributed by atoms with van der Waals surface area (Å²) in [5, 5.41) is 0. The highest BCUT2D eigenvalue weighted by Gasteiger charge is 2.27. The lowest BCUT2D eigenvalue weighted by Gasteiger charge is -2.25. The molecule has 0 aromatic heterocycles. The third-order valence-corrected chi connectivity index (χ3v) is 3.10. The summed E-state index contributed by atoms with van der Waals surface area (Å²) in [6, 6.07) is 0.